The Hall–Kier alpha value is -2.23. The van der Waals surface area contributed by atoms with E-state index in [-0.39, 0.29) is 18.3 Å². The fraction of sp³-hybridized carbons (Fsp3) is 0.767. The van der Waals surface area contributed by atoms with Crippen molar-refractivity contribution in [2.45, 2.75) is 70.6 Å². The summed E-state index contributed by atoms with van der Waals surface area (Å²) in [5.74, 6) is 3.26. The largest absolute Gasteiger partial charge is 0.493 e. The number of carbonyl (C=O) groups excluding carboxylic acids is 1. The molecular formula is C30H48N2O7. The summed E-state index contributed by atoms with van der Waals surface area (Å²) in [6, 6.07) is 6.08. The van der Waals surface area contributed by atoms with Crippen LogP contribution in [0.1, 0.15) is 52.4 Å². The first-order valence-corrected chi connectivity index (χ1v) is 14.7. The van der Waals surface area contributed by atoms with Crippen molar-refractivity contribution in [1.29, 1.82) is 0 Å². The second-order valence-electron chi connectivity index (χ2n) is 11.4. The summed E-state index contributed by atoms with van der Waals surface area (Å²) >= 11 is 0. The Kier molecular flexibility index (Phi) is 11.4. The minimum atomic E-state index is -0.150. The Morgan fingerprint density at radius 3 is 2.51 bits per heavy atom. The lowest BCUT2D eigenvalue weighted by Crippen LogP contribution is -2.42. The van der Waals surface area contributed by atoms with Gasteiger partial charge in [-0.25, -0.2) is 4.79 Å². The maximum atomic E-state index is 13.1. The van der Waals surface area contributed by atoms with Crippen LogP contribution in [0.15, 0.2) is 18.2 Å². The van der Waals surface area contributed by atoms with E-state index in [1.54, 1.807) is 14.2 Å². The number of hydrogen-bond acceptors (Lipinski definition) is 8. The quantitative estimate of drug-likeness (QED) is 0.320. The summed E-state index contributed by atoms with van der Waals surface area (Å²) in [4.78, 5) is 15.1. The van der Waals surface area contributed by atoms with E-state index in [9.17, 15) is 4.79 Å². The number of ether oxygens (including phenoxy) is 6. The van der Waals surface area contributed by atoms with Gasteiger partial charge >= 0.3 is 6.09 Å². The van der Waals surface area contributed by atoms with Crippen LogP contribution in [0.4, 0.5) is 4.79 Å². The van der Waals surface area contributed by atoms with Gasteiger partial charge in [0, 0.05) is 51.6 Å². The molecule has 1 amide bonds. The van der Waals surface area contributed by atoms with Gasteiger partial charge in [0.05, 0.1) is 26.9 Å². The van der Waals surface area contributed by atoms with Gasteiger partial charge in [0.2, 0.25) is 0 Å². The summed E-state index contributed by atoms with van der Waals surface area (Å²) in [6.45, 7) is 9.51. The standard InChI is InChI=1S/C30H48N2O7/c1-21(2)28(38-26-8-9-27(35-4)29(17-26)37-13-5-12-34-3)16-22-18-31-19-23(22)20-32(24-6-7-24)30(33)39-25-10-14-36-15-11-25/h8-9,17,21-25,28,31H,5-7,10-16,18-20H2,1-4H3/t22-,23+,28-/m0/s1. The number of amides is 1. The van der Waals surface area contributed by atoms with Crippen LogP contribution in [-0.4, -0.2) is 89.5 Å². The summed E-state index contributed by atoms with van der Waals surface area (Å²) in [5.41, 5.74) is 0. The molecule has 0 radical (unpaired) electrons. The van der Waals surface area contributed by atoms with E-state index >= 15 is 0 Å². The van der Waals surface area contributed by atoms with Crippen LogP contribution >= 0.6 is 0 Å². The van der Waals surface area contributed by atoms with Gasteiger partial charge in [-0.3, -0.25) is 0 Å². The van der Waals surface area contributed by atoms with Gasteiger partial charge in [-0.15, -0.1) is 0 Å². The molecule has 3 aliphatic rings. The molecule has 220 valence electrons. The van der Waals surface area contributed by atoms with E-state index in [1.807, 2.05) is 23.1 Å². The predicted octanol–water partition coefficient (Wildman–Crippen LogP) is 4.52. The molecule has 0 bridgehead atoms. The molecule has 2 heterocycles. The highest BCUT2D eigenvalue weighted by Gasteiger charge is 2.39. The zero-order valence-electron chi connectivity index (χ0n) is 24.2. The van der Waals surface area contributed by atoms with Crippen molar-refractivity contribution in [1.82, 2.24) is 10.2 Å². The molecule has 1 aliphatic carbocycles. The Bertz CT molecular complexity index is 888. The molecule has 3 atom stereocenters. The third kappa shape index (κ3) is 8.88. The Morgan fingerprint density at radius 1 is 1.05 bits per heavy atom. The predicted molar refractivity (Wildman–Crippen MR) is 149 cm³/mol. The Balaban J connectivity index is 1.36. The number of rotatable bonds is 15. The SMILES string of the molecule is COCCCOc1cc(O[C@@H](C[C@H]2CNC[C@@H]2CN(C(=O)OC2CCOCC2)C2CC2)C(C)C)ccc1OC. The van der Waals surface area contributed by atoms with Crippen molar-refractivity contribution in [2.24, 2.45) is 17.8 Å². The van der Waals surface area contributed by atoms with Crippen LogP contribution in [0, 0.1) is 17.8 Å². The molecule has 1 aromatic rings. The monoisotopic (exact) mass is 548 g/mol. The highest BCUT2D eigenvalue weighted by Crippen LogP contribution is 2.35. The lowest BCUT2D eigenvalue weighted by Gasteiger charge is -2.32. The van der Waals surface area contributed by atoms with Gasteiger partial charge in [-0.2, -0.15) is 0 Å². The lowest BCUT2D eigenvalue weighted by atomic mass is 9.87. The van der Waals surface area contributed by atoms with Crippen LogP contribution in [0.5, 0.6) is 17.2 Å². The highest BCUT2D eigenvalue weighted by molar-refractivity contribution is 5.68. The van der Waals surface area contributed by atoms with Gasteiger partial charge in [-0.05, 0) is 62.2 Å². The Labute approximate surface area is 233 Å². The van der Waals surface area contributed by atoms with E-state index in [0.717, 1.165) is 63.9 Å². The minimum Gasteiger partial charge on any atom is -0.493 e. The lowest BCUT2D eigenvalue weighted by molar-refractivity contribution is -0.0129. The zero-order valence-corrected chi connectivity index (χ0v) is 24.2. The summed E-state index contributed by atoms with van der Waals surface area (Å²) in [6.07, 6.45) is 5.29. The van der Waals surface area contributed by atoms with Gasteiger partial charge in [0.1, 0.15) is 18.0 Å². The van der Waals surface area contributed by atoms with Crippen LogP contribution in [0.2, 0.25) is 0 Å². The second-order valence-corrected chi connectivity index (χ2v) is 11.4. The van der Waals surface area contributed by atoms with Crippen molar-refractivity contribution in [3.8, 4) is 17.2 Å². The fourth-order valence-electron chi connectivity index (χ4n) is 5.45. The molecule has 0 spiro atoms. The maximum absolute atomic E-state index is 13.1. The van der Waals surface area contributed by atoms with Crippen LogP contribution < -0.4 is 19.5 Å². The highest BCUT2D eigenvalue weighted by atomic mass is 16.6. The van der Waals surface area contributed by atoms with Crippen molar-refractivity contribution in [3.63, 3.8) is 0 Å². The van der Waals surface area contributed by atoms with E-state index in [0.29, 0.717) is 61.7 Å². The average molecular weight is 549 g/mol. The maximum Gasteiger partial charge on any atom is 0.410 e. The topological polar surface area (TPSA) is 87.7 Å². The first-order valence-electron chi connectivity index (χ1n) is 14.7. The second kappa shape index (κ2) is 15.0. The molecular weight excluding hydrogens is 500 g/mol. The number of methoxy groups -OCH3 is 2. The van der Waals surface area contributed by atoms with Gasteiger partial charge in [-0.1, -0.05) is 13.8 Å². The van der Waals surface area contributed by atoms with E-state index in [1.165, 1.54) is 0 Å². The van der Waals surface area contributed by atoms with Crippen molar-refractivity contribution >= 4 is 6.09 Å². The smallest absolute Gasteiger partial charge is 0.410 e. The number of benzene rings is 1. The molecule has 3 fully saturated rings. The number of nitrogens with zero attached hydrogens (tertiary/aromatic N) is 1. The zero-order chi connectivity index (χ0) is 27.6. The normalized spacial score (nSPS) is 22.5. The third-order valence-corrected chi connectivity index (χ3v) is 8.02. The average Bonchev–Trinajstić information content (AvgIpc) is 3.69. The van der Waals surface area contributed by atoms with Gasteiger partial charge < -0.3 is 38.6 Å². The fourth-order valence-corrected chi connectivity index (χ4v) is 5.45. The van der Waals surface area contributed by atoms with Gasteiger partial charge in [0.15, 0.2) is 11.5 Å². The van der Waals surface area contributed by atoms with E-state index in [4.69, 9.17) is 28.4 Å². The van der Waals surface area contributed by atoms with Crippen LogP contribution in [-0.2, 0) is 14.2 Å². The first kappa shape index (κ1) is 29.7. The minimum absolute atomic E-state index is 0.0259. The van der Waals surface area contributed by atoms with E-state index < -0.39 is 0 Å². The molecule has 9 nitrogen and oxygen atoms in total. The Morgan fingerprint density at radius 2 is 1.82 bits per heavy atom. The molecule has 0 unspecified atom stereocenters. The molecule has 4 rings (SSSR count). The molecule has 9 heteroatoms. The van der Waals surface area contributed by atoms with Crippen molar-refractivity contribution in [2.75, 3.05) is 60.3 Å². The number of carbonyl (C=O) groups is 1. The van der Waals surface area contributed by atoms with Crippen molar-refractivity contribution in [3.05, 3.63) is 18.2 Å². The molecule has 2 saturated heterocycles. The summed E-state index contributed by atoms with van der Waals surface area (Å²) in [7, 11) is 3.33. The third-order valence-electron chi connectivity index (χ3n) is 8.02. The molecule has 1 N–H and O–H groups in total. The van der Waals surface area contributed by atoms with Gasteiger partial charge in [0.25, 0.3) is 0 Å². The molecule has 1 aromatic carbocycles. The summed E-state index contributed by atoms with van der Waals surface area (Å²) in [5, 5.41) is 3.58. The first-order chi connectivity index (χ1) is 19.0. The number of nitrogens with one attached hydrogen (secondary N) is 1. The molecule has 2 aliphatic heterocycles. The van der Waals surface area contributed by atoms with E-state index in [2.05, 4.69) is 19.2 Å². The molecule has 0 aromatic heterocycles. The van der Waals surface area contributed by atoms with Crippen molar-refractivity contribution < 1.29 is 33.2 Å². The summed E-state index contributed by atoms with van der Waals surface area (Å²) < 4.78 is 34.5. The van der Waals surface area contributed by atoms with Crippen LogP contribution in [0.3, 0.4) is 0 Å². The van der Waals surface area contributed by atoms with Crippen LogP contribution in [0.25, 0.3) is 0 Å². The molecule has 39 heavy (non-hydrogen) atoms. The molecule has 1 saturated carbocycles. The number of hydrogen-bond donors (Lipinski definition) is 1.